The van der Waals surface area contributed by atoms with Gasteiger partial charge in [0.2, 0.25) is 0 Å². The number of aliphatic carboxylic acids is 3. The van der Waals surface area contributed by atoms with Gasteiger partial charge in [-0.1, -0.05) is 66.6 Å². The first-order valence-corrected chi connectivity index (χ1v) is 18.6. The van der Waals surface area contributed by atoms with Crippen molar-refractivity contribution in [3.8, 4) is 34.1 Å². The largest absolute Gasteiger partial charge is 0.490 e. The molecule has 0 unspecified atom stereocenters. The number of hydrogen-bond acceptors (Lipinski definition) is 9. The number of ether oxygens (including phenoxy) is 4. The second-order valence-corrected chi connectivity index (χ2v) is 13.8. The number of benzene rings is 4. The number of carboxylic acids is 3. The maximum atomic E-state index is 12.0. The number of hydrogen-bond donors (Lipinski definition) is 4. The van der Waals surface area contributed by atoms with Crippen LogP contribution in [0.1, 0.15) is 47.1 Å². The van der Waals surface area contributed by atoms with Crippen molar-refractivity contribution >= 4 is 29.5 Å². The van der Waals surface area contributed by atoms with Crippen LogP contribution in [0.2, 0.25) is 5.02 Å². The molecule has 324 valence electrons. The molecule has 0 spiro atoms. The van der Waals surface area contributed by atoms with Crippen LogP contribution in [0.3, 0.4) is 0 Å². The van der Waals surface area contributed by atoms with Gasteiger partial charge >= 0.3 is 30.3 Å². The molecular weight excluding hydrogens is 830 g/mol. The normalized spacial score (nSPS) is 15.1. The second kappa shape index (κ2) is 21.0. The summed E-state index contributed by atoms with van der Waals surface area (Å²) in [7, 11) is 0. The quantitative estimate of drug-likeness (QED) is 0.106. The standard InChI is InChI=1S/C37H39ClN2O6.2C2HF3O2/c1-24-28(8-5-9-30(24)27-11-12-33-36(18-27)44-15-14-43-33)23-46-35-19-34(45-22-26-7-4-6-25(16-26)20-39)29(17-31(35)38)21-40-13-3-2-10-32(40)37(41)42;2*3-2(4,5)1(6)7/h4-9,11-12,16-19,32H,2-3,10,13-15,20-23,39H2,1H3,(H,41,42);2*(H,6,7)/t32-;;/m0../s1. The molecular formula is C41H41ClF6N2O10. The first kappa shape index (κ1) is 47.0. The number of carbonyl (C=O) groups is 3. The van der Waals surface area contributed by atoms with Crippen molar-refractivity contribution in [2.24, 2.45) is 5.73 Å². The van der Waals surface area contributed by atoms with E-state index in [4.69, 9.17) is 56.1 Å². The van der Waals surface area contributed by atoms with Gasteiger partial charge in [0, 0.05) is 24.7 Å². The van der Waals surface area contributed by atoms with Crippen LogP contribution < -0.4 is 24.7 Å². The predicted molar refractivity (Wildman–Crippen MR) is 205 cm³/mol. The molecule has 1 fully saturated rings. The number of rotatable bonds is 11. The maximum Gasteiger partial charge on any atom is 0.490 e. The van der Waals surface area contributed by atoms with E-state index in [1.807, 2.05) is 71.6 Å². The van der Waals surface area contributed by atoms with Crippen molar-refractivity contribution in [1.82, 2.24) is 4.90 Å². The van der Waals surface area contributed by atoms with Gasteiger partial charge in [-0.2, -0.15) is 26.3 Å². The summed E-state index contributed by atoms with van der Waals surface area (Å²) in [6.45, 7) is 5.34. The van der Waals surface area contributed by atoms with Gasteiger partial charge in [-0.15, -0.1) is 0 Å². The van der Waals surface area contributed by atoms with Gasteiger partial charge in [-0.05, 0) is 77.9 Å². The SMILES string of the molecule is Cc1c(COc2cc(OCc3cccc(CN)c3)c(CN3CCCC[C@H]3C(=O)O)cc2Cl)cccc1-c1ccc2c(c1)OCCO2.O=C(O)C(F)(F)F.O=C(O)C(F)(F)F. The minimum atomic E-state index is -5.08. The van der Waals surface area contributed by atoms with Gasteiger partial charge < -0.3 is 40.0 Å². The summed E-state index contributed by atoms with van der Waals surface area (Å²) in [5.41, 5.74) is 12.9. The van der Waals surface area contributed by atoms with Crippen LogP contribution in [0.5, 0.6) is 23.0 Å². The van der Waals surface area contributed by atoms with Crippen molar-refractivity contribution in [2.45, 2.75) is 70.9 Å². The van der Waals surface area contributed by atoms with Crippen molar-refractivity contribution < 1.29 is 75.0 Å². The molecule has 4 aromatic carbocycles. The number of piperidine rings is 1. The van der Waals surface area contributed by atoms with E-state index in [0.717, 1.165) is 63.3 Å². The van der Waals surface area contributed by atoms with Gasteiger partial charge in [0.05, 0.1) is 5.02 Å². The van der Waals surface area contributed by atoms with E-state index in [1.54, 1.807) is 0 Å². The molecule has 5 N–H and O–H groups in total. The van der Waals surface area contributed by atoms with E-state index in [1.165, 1.54) is 0 Å². The van der Waals surface area contributed by atoms with Gasteiger partial charge in [0.15, 0.2) is 11.5 Å². The lowest BCUT2D eigenvalue weighted by Gasteiger charge is -2.33. The molecule has 6 rings (SSSR count). The van der Waals surface area contributed by atoms with Crippen LogP contribution in [0.4, 0.5) is 26.3 Å². The monoisotopic (exact) mass is 870 g/mol. The number of likely N-dealkylation sites (tertiary alicyclic amines) is 1. The molecule has 60 heavy (non-hydrogen) atoms. The lowest BCUT2D eigenvalue weighted by atomic mass is 9.96. The average molecular weight is 871 g/mol. The molecule has 2 aliphatic rings. The molecule has 0 aliphatic carbocycles. The highest BCUT2D eigenvalue weighted by Crippen LogP contribution is 2.38. The topological polar surface area (TPSA) is 178 Å². The van der Waals surface area contributed by atoms with Crippen molar-refractivity contribution in [3.05, 3.63) is 106 Å². The molecule has 1 atom stereocenters. The van der Waals surface area contributed by atoms with E-state index in [9.17, 15) is 36.2 Å². The Bertz CT molecular complexity index is 2110. The highest BCUT2D eigenvalue weighted by Gasteiger charge is 2.39. The predicted octanol–water partition coefficient (Wildman–Crippen LogP) is 8.41. The third kappa shape index (κ3) is 13.4. The van der Waals surface area contributed by atoms with Crippen LogP contribution in [0.25, 0.3) is 11.1 Å². The fourth-order valence-electron chi connectivity index (χ4n) is 6.15. The maximum absolute atomic E-state index is 12.0. The summed E-state index contributed by atoms with van der Waals surface area (Å²) in [5.74, 6) is -3.71. The van der Waals surface area contributed by atoms with Crippen molar-refractivity contribution in [3.63, 3.8) is 0 Å². The Balaban J connectivity index is 0.000000488. The van der Waals surface area contributed by atoms with Gasteiger partial charge in [0.25, 0.3) is 0 Å². The fraction of sp³-hybridized carbons (Fsp3) is 0.341. The third-order valence-electron chi connectivity index (χ3n) is 9.18. The van der Waals surface area contributed by atoms with Crippen LogP contribution in [0.15, 0.2) is 72.8 Å². The Labute approximate surface area is 345 Å². The van der Waals surface area contributed by atoms with E-state index in [2.05, 4.69) is 13.0 Å². The van der Waals surface area contributed by atoms with Gasteiger partial charge in [-0.25, -0.2) is 9.59 Å². The molecule has 12 nitrogen and oxygen atoms in total. The zero-order chi connectivity index (χ0) is 44.2. The first-order valence-electron chi connectivity index (χ1n) is 18.2. The highest BCUT2D eigenvalue weighted by molar-refractivity contribution is 6.32. The Morgan fingerprint density at radius 3 is 2.03 bits per heavy atom. The smallest absolute Gasteiger partial charge is 0.488 e. The molecule has 19 heteroatoms. The van der Waals surface area contributed by atoms with E-state index in [0.29, 0.717) is 69.0 Å². The zero-order valence-corrected chi connectivity index (χ0v) is 32.7. The van der Waals surface area contributed by atoms with Gasteiger partial charge in [-0.3, -0.25) is 9.69 Å². The average Bonchev–Trinajstić information content (AvgIpc) is 3.20. The van der Waals surface area contributed by atoms with Crippen LogP contribution >= 0.6 is 11.6 Å². The summed E-state index contributed by atoms with van der Waals surface area (Å²) in [6.07, 6.45) is -7.69. The third-order valence-corrected chi connectivity index (χ3v) is 9.47. The Morgan fingerprint density at radius 1 is 0.783 bits per heavy atom. The minimum absolute atomic E-state index is 0.300. The first-order chi connectivity index (χ1) is 28.3. The van der Waals surface area contributed by atoms with E-state index < -0.39 is 36.3 Å². The van der Waals surface area contributed by atoms with E-state index >= 15 is 0 Å². The Hall–Kier alpha value is -5.72. The minimum Gasteiger partial charge on any atom is -0.488 e. The molecule has 1 saturated heterocycles. The van der Waals surface area contributed by atoms with Crippen LogP contribution in [-0.2, 0) is 40.7 Å². The van der Waals surface area contributed by atoms with Crippen molar-refractivity contribution in [2.75, 3.05) is 19.8 Å². The number of alkyl halides is 6. The molecule has 0 aromatic heterocycles. The number of fused-ring (bicyclic) bond motifs is 1. The summed E-state index contributed by atoms with van der Waals surface area (Å²) < 4.78 is 87.7. The number of halogens is 7. The molecule has 4 aromatic rings. The molecule has 0 bridgehead atoms. The van der Waals surface area contributed by atoms with E-state index in [-0.39, 0.29) is 0 Å². The molecule has 0 radical (unpaired) electrons. The molecule has 2 aliphatic heterocycles. The number of carboxylic acid groups (broad SMARTS) is 3. The van der Waals surface area contributed by atoms with Crippen LogP contribution in [0, 0.1) is 6.92 Å². The highest BCUT2D eigenvalue weighted by atomic mass is 35.5. The zero-order valence-electron chi connectivity index (χ0n) is 31.9. The van der Waals surface area contributed by atoms with Crippen LogP contribution in [-0.4, -0.2) is 76.3 Å². The summed E-state index contributed by atoms with van der Waals surface area (Å²) >= 11 is 6.82. The van der Waals surface area contributed by atoms with Crippen molar-refractivity contribution in [1.29, 1.82) is 0 Å². The molecule has 0 saturated carbocycles. The molecule has 0 amide bonds. The Kier molecular flexibility index (Phi) is 16.4. The Morgan fingerprint density at radius 2 is 1.40 bits per heavy atom. The lowest BCUT2D eigenvalue weighted by molar-refractivity contribution is -0.193. The molecule has 2 heterocycles. The summed E-state index contributed by atoms with van der Waals surface area (Å²) in [4.78, 5) is 31.8. The van der Waals surface area contributed by atoms with Gasteiger partial charge in [0.1, 0.15) is 44.0 Å². The summed E-state index contributed by atoms with van der Waals surface area (Å²) in [5, 5.41) is 24.6. The lowest BCUT2D eigenvalue weighted by Crippen LogP contribution is -2.44. The number of nitrogens with two attached hydrogens (primary N) is 1. The second-order valence-electron chi connectivity index (χ2n) is 13.4. The number of nitrogens with zero attached hydrogens (tertiary/aromatic N) is 1. The summed E-state index contributed by atoms with van der Waals surface area (Å²) in [6, 6.07) is 23.2. The fourth-order valence-corrected chi connectivity index (χ4v) is 6.39.